The van der Waals surface area contributed by atoms with Crippen molar-refractivity contribution in [2.45, 2.75) is 38.8 Å². The zero-order chi connectivity index (χ0) is 12.7. The van der Waals surface area contributed by atoms with E-state index in [1.807, 2.05) is 0 Å². The summed E-state index contributed by atoms with van der Waals surface area (Å²) in [5.74, 6) is 0. The smallest absolute Gasteiger partial charge is 0.0446 e. The summed E-state index contributed by atoms with van der Waals surface area (Å²) < 4.78 is 0. The summed E-state index contributed by atoms with van der Waals surface area (Å²) in [4.78, 5) is 4.94. The molecule has 1 rings (SSSR count). The van der Waals surface area contributed by atoms with Crippen LogP contribution in [0.15, 0.2) is 0 Å². The molecule has 0 aromatic heterocycles. The molecule has 2 unspecified atom stereocenters. The zero-order valence-electron chi connectivity index (χ0n) is 11.7. The second-order valence-corrected chi connectivity index (χ2v) is 5.25. The average Bonchev–Trinajstić information content (AvgIpc) is 2.31. The van der Waals surface area contributed by atoms with Gasteiger partial charge in [0.1, 0.15) is 0 Å². The molecule has 1 aliphatic rings. The highest BCUT2D eigenvalue weighted by Crippen LogP contribution is 2.08. The molecule has 0 aromatic rings. The molecule has 1 fully saturated rings. The molecule has 0 radical (unpaired) electrons. The van der Waals surface area contributed by atoms with Gasteiger partial charge in [0.05, 0.1) is 0 Å². The number of aliphatic hydroxyl groups excluding tert-OH is 1. The van der Waals surface area contributed by atoms with Crippen LogP contribution < -0.4 is 5.32 Å². The van der Waals surface area contributed by atoms with Crippen LogP contribution in [-0.4, -0.2) is 73.4 Å². The van der Waals surface area contributed by atoms with Gasteiger partial charge in [-0.2, -0.15) is 0 Å². The van der Waals surface area contributed by atoms with E-state index in [9.17, 15) is 0 Å². The number of nitrogens with one attached hydrogen (secondary N) is 1. The van der Waals surface area contributed by atoms with Gasteiger partial charge in [0.15, 0.2) is 0 Å². The van der Waals surface area contributed by atoms with Gasteiger partial charge in [0, 0.05) is 44.9 Å². The third-order valence-electron chi connectivity index (χ3n) is 3.68. The summed E-state index contributed by atoms with van der Waals surface area (Å²) in [5.41, 5.74) is 0. The van der Waals surface area contributed by atoms with Gasteiger partial charge < -0.3 is 15.3 Å². The summed E-state index contributed by atoms with van der Waals surface area (Å²) in [6.07, 6.45) is 2.02. The molecule has 2 atom stereocenters. The number of rotatable bonds is 7. The quantitative estimate of drug-likeness (QED) is 0.678. The number of likely N-dealkylation sites (N-methyl/N-ethyl adjacent to an activating group) is 1. The van der Waals surface area contributed by atoms with Crippen LogP contribution >= 0.6 is 0 Å². The first-order valence-corrected chi connectivity index (χ1v) is 6.94. The molecule has 1 aliphatic heterocycles. The molecule has 0 amide bonds. The Bertz CT molecular complexity index is 199. The van der Waals surface area contributed by atoms with Gasteiger partial charge in [-0.25, -0.2) is 0 Å². The van der Waals surface area contributed by atoms with Crippen molar-refractivity contribution in [2.24, 2.45) is 0 Å². The molecular formula is C13H29N3O. The van der Waals surface area contributed by atoms with Crippen molar-refractivity contribution in [3.63, 3.8) is 0 Å². The van der Waals surface area contributed by atoms with Crippen molar-refractivity contribution < 1.29 is 5.11 Å². The van der Waals surface area contributed by atoms with E-state index in [0.29, 0.717) is 12.1 Å². The molecule has 1 heterocycles. The van der Waals surface area contributed by atoms with E-state index in [1.165, 1.54) is 0 Å². The van der Waals surface area contributed by atoms with E-state index in [1.54, 1.807) is 0 Å². The molecule has 1 saturated heterocycles. The van der Waals surface area contributed by atoms with Crippen LogP contribution in [0.25, 0.3) is 0 Å². The summed E-state index contributed by atoms with van der Waals surface area (Å²) in [7, 11) is 2.20. The Hall–Kier alpha value is -0.160. The molecular weight excluding hydrogens is 214 g/mol. The van der Waals surface area contributed by atoms with E-state index in [2.05, 4.69) is 36.0 Å². The number of aliphatic hydroxyl groups is 1. The zero-order valence-corrected chi connectivity index (χ0v) is 11.7. The maximum atomic E-state index is 9.09. The Labute approximate surface area is 106 Å². The minimum Gasteiger partial charge on any atom is -0.396 e. The van der Waals surface area contributed by atoms with Crippen molar-refractivity contribution in [3.05, 3.63) is 0 Å². The highest BCUT2D eigenvalue weighted by Gasteiger charge is 2.22. The normalized spacial score (nSPS) is 25.1. The molecule has 4 nitrogen and oxygen atoms in total. The standard InChI is InChI=1S/C13H29N3O/c1-4-6-14-13(5-9-17)11-16-8-7-15(3)12(2)10-16/h12-14,17H,4-11H2,1-3H3. The van der Waals surface area contributed by atoms with E-state index in [4.69, 9.17) is 5.11 Å². The lowest BCUT2D eigenvalue weighted by atomic mass is 10.1. The van der Waals surface area contributed by atoms with Crippen LogP contribution in [0, 0.1) is 0 Å². The van der Waals surface area contributed by atoms with E-state index >= 15 is 0 Å². The lowest BCUT2D eigenvalue weighted by Crippen LogP contribution is -2.53. The first-order chi connectivity index (χ1) is 8.17. The summed E-state index contributed by atoms with van der Waals surface area (Å²) in [5, 5.41) is 12.6. The fourth-order valence-electron chi connectivity index (χ4n) is 2.36. The lowest BCUT2D eigenvalue weighted by Gasteiger charge is -2.39. The predicted octanol–water partition coefficient (Wildman–Crippen LogP) is 0.373. The second-order valence-electron chi connectivity index (χ2n) is 5.25. The Morgan fingerprint density at radius 1 is 1.41 bits per heavy atom. The van der Waals surface area contributed by atoms with Crippen molar-refractivity contribution >= 4 is 0 Å². The average molecular weight is 243 g/mol. The van der Waals surface area contributed by atoms with Gasteiger partial charge >= 0.3 is 0 Å². The molecule has 0 bridgehead atoms. The molecule has 2 N–H and O–H groups in total. The first-order valence-electron chi connectivity index (χ1n) is 6.94. The van der Waals surface area contributed by atoms with Crippen LogP contribution in [0.5, 0.6) is 0 Å². The predicted molar refractivity (Wildman–Crippen MR) is 72.3 cm³/mol. The Kier molecular flexibility index (Phi) is 7.04. The molecule has 0 aromatic carbocycles. The highest BCUT2D eigenvalue weighted by molar-refractivity contribution is 4.80. The van der Waals surface area contributed by atoms with Crippen molar-refractivity contribution in [1.29, 1.82) is 0 Å². The van der Waals surface area contributed by atoms with Crippen LogP contribution in [0.2, 0.25) is 0 Å². The molecule has 0 aliphatic carbocycles. The number of piperazine rings is 1. The molecule has 4 heteroatoms. The molecule has 102 valence electrons. The number of nitrogens with zero attached hydrogens (tertiary/aromatic N) is 2. The van der Waals surface area contributed by atoms with Crippen LogP contribution in [0.4, 0.5) is 0 Å². The van der Waals surface area contributed by atoms with Gasteiger partial charge in [-0.05, 0) is 33.4 Å². The van der Waals surface area contributed by atoms with Gasteiger partial charge in [-0.3, -0.25) is 4.90 Å². The maximum absolute atomic E-state index is 9.09. The van der Waals surface area contributed by atoms with Crippen molar-refractivity contribution in [3.8, 4) is 0 Å². The molecule has 0 saturated carbocycles. The maximum Gasteiger partial charge on any atom is 0.0446 e. The topological polar surface area (TPSA) is 38.7 Å². The van der Waals surface area contributed by atoms with E-state index < -0.39 is 0 Å². The highest BCUT2D eigenvalue weighted by atomic mass is 16.3. The monoisotopic (exact) mass is 243 g/mol. The van der Waals surface area contributed by atoms with Crippen molar-refractivity contribution in [2.75, 3.05) is 46.4 Å². The summed E-state index contributed by atoms with van der Waals surface area (Å²) >= 11 is 0. The van der Waals surface area contributed by atoms with Crippen molar-refractivity contribution in [1.82, 2.24) is 15.1 Å². The molecule has 17 heavy (non-hydrogen) atoms. The molecule has 0 spiro atoms. The van der Waals surface area contributed by atoms with Crippen LogP contribution in [-0.2, 0) is 0 Å². The van der Waals surface area contributed by atoms with E-state index in [0.717, 1.165) is 45.6 Å². The second kappa shape index (κ2) is 8.03. The minimum atomic E-state index is 0.282. The van der Waals surface area contributed by atoms with Gasteiger partial charge in [0.25, 0.3) is 0 Å². The Morgan fingerprint density at radius 2 is 2.18 bits per heavy atom. The fourth-order valence-corrected chi connectivity index (χ4v) is 2.36. The van der Waals surface area contributed by atoms with Crippen LogP contribution in [0.1, 0.15) is 26.7 Å². The van der Waals surface area contributed by atoms with Gasteiger partial charge in [-0.1, -0.05) is 6.92 Å². The third-order valence-corrected chi connectivity index (χ3v) is 3.68. The Morgan fingerprint density at radius 3 is 2.76 bits per heavy atom. The Balaban J connectivity index is 2.33. The van der Waals surface area contributed by atoms with Gasteiger partial charge in [0.2, 0.25) is 0 Å². The summed E-state index contributed by atoms with van der Waals surface area (Å²) in [6, 6.07) is 1.08. The third kappa shape index (κ3) is 5.34. The lowest BCUT2D eigenvalue weighted by molar-refractivity contribution is 0.0934. The fraction of sp³-hybridized carbons (Fsp3) is 1.00. The van der Waals surface area contributed by atoms with Gasteiger partial charge in [-0.15, -0.1) is 0 Å². The largest absolute Gasteiger partial charge is 0.396 e. The number of hydrogen-bond donors (Lipinski definition) is 2. The van der Waals surface area contributed by atoms with Crippen LogP contribution in [0.3, 0.4) is 0 Å². The number of hydrogen-bond acceptors (Lipinski definition) is 4. The minimum absolute atomic E-state index is 0.282. The summed E-state index contributed by atoms with van der Waals surface area (Å²) in [6.45, 7) is 10.3. The SMILES string of the molecule is CCCNC(CCO)CN1CCN(C)C(C)C1. The van der Waals surface area contributed by atoms with E-state index in [-0.39, 0.29) is 6.61 Å². The first kappa shape index (κ1) is 14.9.